The molecule has 2 aromatic carbocycles. The summed E-state index contributed by atoms with van der Waals surface area (Å²) in [4.78, 5) is 16.4. The average molecular weight is 399 g/mol. The first-order valence-corrected chi connectivity index (χ1v) is 10.2. The lowest BCUT2D eigenvalue weighted by Gasteiger charge is -2.10. The summed E-state index contributed by atoms with van der Waals surface area (Å²) in [6.45, 7) is 4.72. The number of benzene rings is 2. The number of carbonyl (C=O) groups is 1. The summed E-state index contributed by atoms with van der Waals surface area (Å²) in [7, 11) is 0. The standard InChI is InChI=1S/C24H25N5O/c1-3-18-14-19(27-24(30)26-16-17-10-12-25-13-11-17)15-21-23(18)22(4-2)29(28-21)20-8-6-5-7-9-20/h5-15H,3-4,16H2,1-2H3,(H2,26,27,30). The van der Waals surface area contributed by atoms with Crippen LogP contribution in [0.5, 0.6) is 0 Å². The second-order valence-electron chi connectivity index (χ2n) is 7.09. The molecule has 2 heterocycles. The molecule has 0 saturated carbocycles. The molecule has 0 aliphatic heterocycles. The zero-order valence-electron chi connectivity index (χ0n) is 17.2. The van der Waals surface area contributed by atoms with Gasteiger partial charge in [0.25, 0.3) is 0 Å². The van der Waals surface area contributed by atoms with Gasteiger partial charge < -0.3 is 10.6 Å². The number of rotatable bonds is 6. The van der Waals surface area contributed by atoms with E-state index >= 15 is 0 Å². The van der Waals surface area contributed by atoms with E-state index in [1.807, 2.05) is 47.1 Å². The van der Waals surface area contributed by atoms with Crippen molar-refractivity contribution in [3.8, 4) is 5.69 Å². The van der Waals surface area contributed by atoms with Crippen molar-refractivity contribution >= 4 is 22.6 Å². The van der Waals surface area contributed by atoms with E-state index in [-0.39, 0.29) is 6.03 Å². The van der Waals surface area contributed by atoms with Crippen LogP contribution >= 0.6 is 0 Å². The number of nitrogens with zero attached hydrogens (tertiary/aromatic N) is 3. The molecular weight excluding hydrogens is 374 g/mol. The molecule has 0 saturated heterocycles. The zero-order valence-corrected chi connectivity index (χ0v) is 17.2. The topological polar surface area (TPSA) is 71.8 Å². The van der Waals surface area contributed by atoms with Crippen LogP contribution in [0.2, 0.25) is 0 Å². The van der Waals surface area contributed by atoms with Gasteiger partial charge in [-0.15, -0.1) is 0 Å². The second-order valence-corrected chi connectivity index (χ2v) is 7.09. The van der Waals surface area contributed by atoms with Crippen LogP contribution in [0.3, 0.4) is 0 Å². The highest BCUT2D eigenvalue weighted by Crippen LogP contribution is 2.29. The van der Waals surface area contributed by atoms with E-state index in [0.717, 1.165) is 35.3 Å². The van der Waals surface area contributed by atoms with E-state index in [9.17, 15) is 4.79 Å². The highest BCUT2D eigenvalue weighted by atomic mass is 16.2. The van der Waals surface area contributed by atoms with Crippen LogP contribution in [0.25, 0.3) is 16.6 Å². The van der Waals surface area contributed by atoms with Crippen LogP contribution in [0.15, 0.2) is 67.0 Å². The van der Waals surface area contributed by atoms with Gasteiger partial charge in [-0.05, 0) is 60.4 Å². The third kappa shape index (κ3) is 4.03. The van der Waals surface area contributed by atoms with Gasteiger partial charge in [0.1, 0.15) is 0 Å². The van der Waals surface area contributed by atoms with E-state index in [1.54, 1.807) is 12.4 Å². The Hall–Kier alpha value is -3.67. The molecule has 2 aromatic heterocycles. The van der Waals surface area contributed by atoms with Gasteiger partial charge in [-0.25, -0.2) is 9.48 Å². The Balaban J connectivity index is 1.63. The van der Waals surface area contributed by atoms with Crippen LogP contribution in [-0.2, 0) is 19.4 Å². The largest absolute Gasteiger partial charge is 0.334 e. The molecule has 0 radical (unpaired) electrons. The number of carbonyl (C=O) groups excluding carboxylic acids is 1. The minimum Gasteiger partial charge on any atom is -0.334 e. The lowest BCUT2D eigenvalue weighted by atomic mass is 10.0. The number of aryl methyl sites for hydroxylation is 2. The SMILES string of the molecule is CCc1cc(NC(=O)NCc2ccncc2)cc2nn(-c3ccccc3)c(CC)c12. The second kappa shape index (κ2) is 8.78. The smallest absolute Gasteiger partial charge is 0.319 e. The van der Waals surface area contributed by atoms with Gasteiger partial charge in [0.2, 0.25) is 0 Å². The van der Waals surface area contributed by atoms with Gasteiger partial charge in [-0.2, -0.15) is 5.10 Å². The van der Waals surface area contributed by atoms with Crippen LogP contribution in [0, 0.1) is 0 Å². The maximum Gasteiger partial charge on any atom is 0.319 e. The van der Waals surface area contributed by atoms with E-state index in [2.05, 4.69) is 41.6 Å². The number of hydrogen-bond acceptors (Lipinski definition) is 3. The van der Waals surface area contributed by atoms with Crippen molar-refractivity contribution in [2.24, 2.45) is 0 Å². The summed E-state index contributed by atoms with van der Waals surface area (Å²) in [6.07, 6.45) is 5.16. The van der Waals surface area contributed by atoms with E-state index in [1.165, 1.54) is 16.6 Å². The first kappa shape index (κ1) is 19.6. The summed E-state index contributed by atoms with van der Waals surface area (Å²) >= 11 is 0. The maximum absolute atomic E-state index is 12.4. The lowest BCUT2D eigenvalue weighted by molar-refractivity contribution is 0.251. The van der Waals surface area contributed by atoms with Crippen molar-refractivity contribution in [3.05, 3.63) is 83.8 Å². The molecule has 0 unspecified atom stereocenters. The number of anilines is 1. The Labute approximate surface area is 176 Å². The highest BCUT2D eigenvalue weighted by molar-refractivity contribution is 5.95. The molecule has 152 valence electrons. The molecule has 2 N–H and O–H groups in total. The molecule has 0 aliphatic rings. The fraction of sp³-hybridized carbons (Fsp3) is 0.208. The normalized spacial score (nSPS) is 10.9. The third-order valence-electron chi connectivity index (χ3n) is 5.13. The fourth-order valence-corrected chi connectivity index (χ4v) is 3.69. The predicted octanol–water partition coefficient (Wildman–Crippen LogP) is 4.87. The molecule has 0 aliphatic carbocycles. The minimum atomic E-state index is -0.244. The molecule has 4 aromatic rings. The van der Waals surface area contributed by atoms with Gasteiger partial charge in [0.15, 0.2) is 0 Å². The van der Waals surface area contributed by atoms with Crippen molar-refractivity contribution in [2.45, 2.75) is 33.2 Å². The van der Waals surface area contributed by atoms with Gasteiger partial charge in [0, 0.05) is 30.0 Å². The Kier molecular flexibility index (Phi) is 5.75. The van der Waals surface area contributed by atoms with E-state index < -0.39 is 0 Å². The third-order valence-corrected chi connectivity index (χ3v) is 5.13. The van der Waals surface area contributed by atoms with Crippen molar-refractivity contribution in [1.29, 1.82) is 0 Å². The Morgan fingerprint density at radius 2 is 1.77 bits per heavy atom. The summed E-state index contributed by atoms with van der Waals surface area (Å²) < 4.78 is 2.01. The Bertz CT molecular complexity index is 1150. The molecule has 0 atom stereocenters. The van der Waals surface area contributed by atoms with Crippen LogP contribution < -0.4 is 10.6 Å². The molecule has 0 bridgehead atoms. The van der Waals surface area contributed by atoms with E-state index in [0.29, 0.717) is 6.54 Å². The molecule has 6 nitrogen and oxygen atoms in total. The lowest BCUT2D eigenvalue weighted by Crippen LogP contribution is -2.28. The van der Waals surface area contributed by atoms with Crippen molar-refractivity contribution in [1.82, 2.24) is 20.1 Å². The number of amides is 2. The molecule has 0 spiro atoms. The molecule has 6 heteroatoms. The number of hydrogen-bond donors (Lipinski definition) is 2. The fourth-order valence-electron chi connectivity index (χ4n) is 3.69. The number of nitrogens with one attached hydrogen (secondary N) is 2. The van der Waals surface area contributed by atoms with Gasteiger partial charge in [-0.1, -0.05) is 32.0 Å². The summed E-state index contributed by atoms with van der Waals surface area (Å²) in [5.74, 6) is 0. The van der Waals surface area contributed by atoms with Crippen LogP contribution in [0.1, 0.15) is 30.7 Å². The molecule has 0 fully saturated rings. The monoisotopic (exact) mass is 399 g/mol. The van der Waals surface area contributed by atoms with Crippen LogP contribution in [0.4, 0.5) is 10.5 Å². The number of urea groups is 1. The van der Waals surface area contributed by atoms with Gasteiger partial charge in [-0.3, -0.25) is 4.98 Å². The Morgan fingerprint density at radius 1 is 1.00 bits per heavy atom. The minimum absolute atomic E-state index is 0.244. The first-order chi connectivity index (χ1) is 14.7. The summed E-state index contributed by atoms with van der Waals surface area (Å²) in [5.41, 5.74) is 6.03. The van der Waals surface area contributed by atoms with E-state index in [4.69, 9.17) is 5.10 Å². The van der Waals surface area contributed by atoms with Crippen molar-refractivity contribution < 1.29 is 4.79 Å². The number of aromatic nitrogens is 3. The average Bonchev–Trinajstić information content (AvgIpc) is 3.17. The maximum atomic E-state index is 12.4. The first-order valence-electron chi connectivity index (χ1n) is 10.2. The molecule has 2 amide bonds. The molecule has 4 rings (SSSR count). The van der Waals surface area contributed by atoms with Crippen LogP contribution in [-0.4, -0.2) is 20.8 Å². The summed E-state index contributed by atoms with van der Waals surface area (Å²) in [5, 5.41) is 11.9. The molecule has 30 heavy (non-hydrogen) atoms. The summed E-state index contributed by atoms with van der Waals surface area (Å²) in [6, 6.07) is 17.7. The highest BCUT2D eigenvalue weighted by Gasteiger charge is 2.16. The Morgan fingerprint density at radius 3 is 2.47 bits per heavy atom. The quantitative estimate of drug-likeness (QED) is 0.486. The number of pyridine rings is 1. The molecular formula is C24H25N5O. The predicted molar refractivity (Wildman–Crippen MR) is 120 cm³/mol. The number of fused-ring (bicyclic) bond motifs is 1. The van der Waals surface area contributed by atoms with Crippen molar-refractivity contribution in [3.63, 3.8) is 0 Å². The van der Waals surface area contributed by atoms with Gasteiger partial charge >= 0.3 is 6.03 Å². The van der Waals surface area contributed by atoms with Crippen molar-refractivity contribution in [2.75, 3.05) is 5.32 Å². The van der Waals surface area contributed by atoms with Gasteiger partial charge in [0.05, 0.1) is 16.9 Å². The zero-order chi connectivity index (χ0) is 20.9. The number of para-hydroxylation sites is 1.